The molecule has 1 amide bonds. The monoisotopic (exact) mass is 301 g/mol. The van der Waals surface area contributed by atoms with E-state index in [9.17, 15) is 4.79 Å². The van der Waals surface area contributed by atoms with Crippen LogP contribution in [0.15, 0.2) is 35.3 Å². The van der Waals surface area contributed by atoms with Gasteiger partial charge >= 0.3 is 0 Å². The van der Waals surface area contributed by atoms with Crippen LogP contribution in [0.25, 0.3) is 0 Å². The van der Waals surface area contributed by atoms with Gasteiger partial charge in [-0.2, -0.15) is 0 Å². The molecule has 0 bridgehead atoms. The van der Waals surface area contributed by atoms with Crippen LogP contribution in [0, 0.1) is 0 Å². The van der Waals surface area contributed by atoms with Crippen LogP contribution in [-0.2, 0) is 19.4 Å². The van der Waals surface area contributed by atoms with E-state index in [2.05, 4.69) is 22.1 Å². The summed E-state index contributed by atoms with van der Waals surface area (Å²) in [5, 5.41) is 10.5. The van der Waals surface area contributed by atoms with Crippen molar-refractivity contribution in [3.8, 4) is 5.75 Å². The van der Waals surface area contributed by atoms with Gasteiger partial charge in [-0.25, -0.2) is 0 Å². The van der Waals surface area contributed by atoms with Gasteiger partial charge in [0.05, 0.1) is 13.7 Å². The van der Waals surface area contributed by atoms with Crippen molar-refractivity contribution in [1.29, 1.82) is 0 Å². The van der Waals surface area contributed by atoms with Gasteiger partial charge in [0.25, 0.3) is 5.91 Å². The molecule has 0 radical (unpaired) electrons. The molecule has 22 heavy (non-hydrogen) atoms. The highest BCUT2D eigenvalue weighted by atomic mass is 16.5. The Hall–Kier alpha value is -2.63. The predicted molar refractivity (Wildman–Crippen MR) is 81.7 cm³/mol. The van der Waals surface area contributed by atoms with Gasteiger partial charge in [0, 0.05) is 12.0 Å². The van der Waals surface area contributed by atoms with Crippen molar-refractivity contribution in [1.82, 2.24) is 15.5 Å². The number of carbonyl (C=O) groups excluding carboxylic acids is 1. The number of nitrogens with zero attached hydrogens (tertiary/aromatic N) is 2. The summed E-state index contributed by atoms with van der Waals surface area (Å²) < 4.78 is 10.6. The molecule has 0 aliphatic carbocycles. The van der Waals surface area contributed by atoms with Crippen LogP contribution in [0.1, 0.15) is 34.6 Å². The largest absolute Gasteiger partial charge is 0.496 e. The van der Waals surface area contributed by atoms with Crippen molar-refractivity contribution in [2.45, 2.75) is 26.3 Å². The lowest BCUT2D eigenvalue weighted by Crippen LogP contribution is -2.23. The average Bonchev–Trinajstić information content (AvgIpc) is 3.01. The number of methoxy groups -OCH3 is 1. The molecule has 2 aromatic rings. The van der Waals surface area contributed by atoms with Crippen LogP contribution < -0.4 is 10.1 Å². The second-order valence-electron chi connectivity index (χ2n) is 4.65. The van der Waals surface area contributed by atoms with Crippen molar-refractivity contribution in [2.75, 3.05) is 7.11 Å². The maximum atomic E-state index is 12.2. The van der Waals surface area contributed by atoms with E-state index in [-0.39, 0.29) is 12.5 Å². The van der Waals surface area contributed by atoms with Crippen LogP contribution in [0.5, 0.6) is 5.75 Å². The molecule has 0 fully saturated rings. The van der Waals surface area contributed by atoms with Crippen LogP contribution in [0.4, 0.5) is 0 Å². The number of ether oxygens (including phenoxy) is 1. The third-order valence-electron chi connectivity index (χ3n) is 3.12. The highest BCUT2D eigenvalue weighted by Gasteiger charge is 2.11. The molecule has 6 nitrogen and oxygen atoms in total. The van der Waals surface area contributed by atoms with Crippen molar-refractivity contribution in [3.05, 3.63) is 53.8 Å². The van der Waals surface area contributed by atoms with Gasteiger partial charge in [-0.1, -0.05) is 13.0 Å². The van der Waals surface area contributed by atoms with Crippen molar-refractivity contribution >= 4 is 5.91 Å². The van der Waals surface area contributed by atoms with Crippen molar-refractivity contribution < 1.29 is 13.9 Å². The minimum atomic E-state index is -0.204. The number of nitrogens with one attached hydrogen (secondary N) is 1. The quantitative estimate of drug-likeness (QED) is 0.794. The molecule has 0 aliphatic heterocycles. The van der Waals surface area contributed by atoms with Gasteiger partial charge < -0.3 is 14.5 Å². The molecular formula is C16H19N3O3. The first-order valence-electron chi connectivity index (χ1n) is 7.05. The fourth-order valence-electron chi connectivity index (χ4n) is 2.00. The lowest BCUT2D eigenvalue weighted by molar-refractivity contribution is 0.0947. The number of hydrogen-bond acceptors (Lipinski definition) is 5. The second kappa shape index (κ2) is 7.40. The first-order valence-corrected chi connectivity index (χ1v) is 7.05. The Balaban J connectivity index is 2.05. The average molecular weight is 301 g/mol. The van der Waals surface area contributed by atoms with Crippen molar-refractivity contribution in [3.63, 3.8) is 0 Å². The Labute approximate surface area is 129 Å². The van der Waals surface area contributed by atoms with Gasteiger partial charge in [0.1, 0.15) is 5.75 Å². The van der Waals surface area contributed by atoms with E-state index >= 15 is 0 Å². The van der Waals surface area contributed by atoms with Gasteiger partial charge in [0.2, 0.25) is 11.8 Å². The third-order valence-corrected chi connectivity index (χ3v) is 3.12. The molecule has 1 aromatic carbocycles. The van der Waals surface area contributed by atoms with Crippen LogP contribution in [-0.4, -0.2) is 23.2 Å². The second-order valence-corrected chi connectivity index (χ2v) is 4.65. The van der Waals surface area contributed by atoms with E-state index in [0.29, 0.717) is 30.2 Å². The SMILES string of the molecule is C=CCc1cc(C(=O)NCc2nnc(CC)o2)ccc1OC. The smallest absolute Gasteiger partial charge is 0.251 e. The molecule has 6 heteroatoms. The third kappa shape index (κ3) is 3.72. The molecule has 116 valence electrons. The summed E-state index contributed by atoms with van der Waals surface area (Å²) in [5.41, 5.74) is 1.46. The number of rotatable bonds is 7. The maximum Gasteiger partial charge on any atom is 0.251 e. The minimum Gasteiger partial charge on any atom is -0.496 e. The van der Waals surface area contributed by atoms with E-state index < -0.39 is 0 Å². The molecule has 0 saturated heterocycles. The zero-order valence-electron chi connectivity index (χ0n) is 12.8. The lowest BCUT2D eigenvalue weighted by atomic mass is 10.1. The van der Waals surface area contributed by atoms with Crippen LogP contribution in [0.3, 0.4) is 0 Å². The van der Waals surface area contributed by atoms with Gasteiger partial charge in [-0.15, -0.1) is 16.8 Å². The number of amides is 1. The summed E-state index contributed by atoms with van der Waals surface area (Å²) in [4.78, 5) is 12.2. The topological polar surface area (TPSA) is 77.3 Å². The molecule has 0 unspecified atom stereocenters. The summed E-state index contributed by atoms with van der Waals surface area (Å²) in [7, 11) is 1.60. The van der Waals surface area contributed by atoms with E-state index in [4.69, 9.17) is 9.15 Å². The number of hydrogen-bond donors (Lipinski definition) is 1. The zero-order chi connectivity index (χ0) is 15.9. The normalized spacial score (nSPS) is 10.3. The Kier molecular flexibility index (Phi) is 5.30. The van der Waals surface area contributed by atoms with Gasteiger partial charge in [-0.3, -0.25) is 4.79 Å². The lowest BCUT2D eigenvalue weighted by Gasteiger charge is -2.09. The highest BCUT2D eigenvalue weighted by Crippen LogP contribution is 2.20. The first kappa shape index (κ1) is 15.8. The summed E-state index contributed by atoms with van der Waals surface area (Å²) in [5.74, 6) is 1.48. The Bertz CT molecular complexity index is 664. The molecule has 1 aromatic heterocycles. The maximum absolute atomic E-state index is 12.2. The zero-order valence-corrected chi connectivity index (χ0v) is 12.8. The van der Waals surface area contributed by atoms with Crippen LogP contribution in [0.2, 0.25) is 0 Å². The molecule has 1 N–H and O–H groups in total. The number of aryl methyl sites for hydroxylation is 1. The highest BCUT2D eigenvalue weighted by molar-refractivity contribution is 5.94. The van der Waals surface area contributed by atoms with E-state index in [1.807, 2.05) is 6.92 Å². The molecule has 0 aliphatic rings. The summed E-state index contributed by atoms with van der Waals surface area (Å²) in [6, 6.07) is 5.28. The minimum absolute atomic E-state index is 0.203. The van der Waals surface area contributed by atoms with E-state index in [0.717, 1.165) is 11.3 Å². The number of carbonyl (C=O) groups is 1. The van der Waals surface area contributed by atoms with Gasteiger partial charge in [0.15, 0.2) is 0 Å². The number of benzene rings is 1. The summed E-state index contributed by atoms with van der Waals surface area (Å²) in [6.07, 6.45) is 3.07. The van der Waals surface area contributed by atoms with E-state index in [1.54, 1.807) is 31.4 Å². The molecule has 0 saturated carbocycles. The number of allylic oxidation sites excluding steroid dienone is 1. The van der Waals surface area contributed by atoms with Crippen molar-refractivity contribution in [2.24, 2.45) is 0 Å². The summed E-state index contributed by atoms with van der Waals surface area (Å²) in [6.45, 7) is 5.84. The first-order chi connectivity index (χ1) is 10.7. The molecule has 2 rings (SSSR count). The fourth-order valence-corrected chi connectivity index (χ4v) is 2.00. The Morgan fingerprint density at radius 1 is 1.41 bits per heavy atom. The number of aromatic nitrogens is 2. The Morgan fingerprint density at radius 2 is 2.18 bits per heavy atom. The van der Waals surface area contributed by atoms with E-state index in [1.165, 1.54) is 0 Å². The standard InChI is InChI=1S/C16H19N3O3/c1-4-6-11-9-12(7-8-13(11)21-3)16(20)17-10-15-19-18-14(5-2)22-15/h4,7-9H,1,5-6,10H2,2-3H3,(H,17,20). The molecule has 0 atom stereocenters. The molecular weight excluding hydrogens is 282 g/mol. The van der Waals surface area contributed by atoms with Gasteiger partial charge in [-0.05, 0) is 30.2 Å². The predicted octanol–water partition coefficient (Wildman–Crippen LogP) is 2.30. The molecule has 1 heterocycles. The summed E-state index contributed by atoms with van der Waals surface area (Å²) >= 11 is 0. The fraction of sp³-hybridized carbons (Fsp3) is 0.312. The van der Waals surface area contributed by atoms with Crippen LogP contribution >= 0.6 is 0 Å². The Morgan fingerprint density at radius 3 is 2.82 bits per heavy atom. The molecule has 0 spiro atoms.